The van der Waals surface area contributed by atoms with Crippen molar-refractivity contribution >= 4 is 5.69 Å². The van der Waals surface area contributed by atoms with Gasteiger partial charge in [0.2, 0.25) is 0 Å². The minimum Gasteiger partial charge on any atom is -0.490 e. The number of hydrogen-bond acceptors (Lipinski definition) is 5. The van der Waals surface area contributed by atoms with Gasteiger partial charge < -0.3 is 9.47 Å². The van der Waals surface area contributed by atoms with Gasteiger partial charge >= 0.3 is 0 Å². The van der Waals surface area contributed by atoms with E-state index in [1.54, 1.807) is 19.9 Å². The van der Waals surface area contributed by atoms with Gasteiger partial charge in [0.25, 0.3) is 5.69 Å². The Morgan fingerprint density at radius 2 is 1.82 bits per heavy atom. The third-order valence-electron chi connectivity index (χ3n) is 1.98. The summed E-state index contributed by atoms with van der Waals surface area (Å²) in [6.07, 6.45) is 0. The van der Waals surface area contributed by atoms with Gasteiger partial charge in [-0.3, -0.25) is 10.1 Å². The van der Waals surface area contributed by atoms with Crippen LogP contribution in [0.2, 0.25) is 0 Å². The van der Waals surface area contributed by atoms with E-state index in [4.69, 9.17) is 14.7 Å². The maximum atomic E-state index is 10.8. The van der Waals surface area contributed by atoms with Gasteiger partial charge in [-0.1, -0.05) is 0 Å². The van der Waals surface area contributed by atoms with Crippen LogP contribution in [0.15, 0.2) is 12.1 Å². The molecule has 1 aromatic carbocycles. The zero-order valence-electron chi connectivity index (χ0n) is 9.60. The summed E-state index contributed by atoms with van der Waals surface area (Å²) in [5.74, 6) is 0.622. The van der Waals surface area contributed by atoms with Crippen LogP contribution in [0.1, 0.15) is 19.4 Å². The maximum Gasteiger partial charge on any atom is 0.291 e. The number of ether oxygens (including phenoxy) is 2. The minimum absolute atomic E-state index is 0.0399. The number of nitriles is 1. The molecule has 0 bridgehead atoms. The summed E-state index contributed by atoms with van der Waals surface area (Å²) in [4.78, 5) is 10.2. The lowest BCUT2D eigenvalue weighted by Crippen LogP contribution is -2.01. The second kappa shape index (κ2) is 5.70. The van der Waals surface area contributed by atoms with Crippen molar-refractivity contribution in [3.63, 3.8) is 0 Å². The fraction of sp³-hybridized carbons (Fsp3) is 0.364. The summed E-state index contributed by atoms with van der Waals surface area (Å²) in [6, 6.07) is 4.31. The number of benzene rings is 1. The second-order valence-electron chi connectivity index (χ2n) is 3.05. The Bertz CT molecular complexity index is 465. The quantitative estimate of drug-likeness (QED) is 0.578. The number of nitro groups is 1. The van der Waals surface area contributed by atoms with Crippen molar-refractivity contribution in [3.05, 3.63) is 27.8 Å². The molecule has 0 atom stereocenters. The van der Waals surface area contributed by atoms with Gasteiger partial charge in [0, 0.05) is 6.07 Å². The van der Waals surface area contributed by atoms with Gasteiger partial charge in [0.05, 0.1) is 24.2 Å². The van der Waals surface area contributed by atoms with Gasteiger partial charge in [-0.05, 0) is 13.8 Å². The monoisotopic (exact) mass is 236 g/mol. The fourth-order valence-corrected chi connectivity index (χ4v) is 1.33. The first kappa shape index (κ1) is 12.8. The molecule has 1 aromatic rings. The zero-order valence-corrected chi connectivity index (χ0v) is 9.60. The van der Waals surface area contributed by atoms with E-state index in [0.717, 1.165) is 0 Å². The van der Waals surface area contributed by atoms with Gasteiger partial charge in [-0.2, -0.15) is 5.26 Å². The molecule has 6 nitrogen and oxygen atoms in total. The van der Waals surface area contributed by atoms with Crippen LogP contribution in [0.4, 0.5) is 5.69 Å². The van der Waals surface area contributed by atoms with E-state index in [9.17, 15) is 10.1 Å². The molecule has 0 saturated carbocycles. The van der Waals surface area contributed by atoms with Crippen LogP contribution < -0.4 is 9.47 Å². The lowest BCUT2D eigenvalue weighted by atomic mass is 10.1. The Labute approximate surface area is 98.5 Å². The highest BCUT2D eigenvalue weighted by molar-refractivity contribution is 5.58. The van der Waals surface area contributed by atoms with Gasteiger partial charge in [0.15, 0.2) is 11.5 Å². The van der Waals surface area contributed by atoms with Crippen molar-refractivity contribution in [2.45, 2.75) is 13.8 Å². The first-order valence-electron chi connectivity index (χ1n) is 5.12. The Morgan fingerprint density at radius 1 is 1.29 bits per heavy atom. The Hall–Kier alpha value is -2.29. The summed E-state index contributed by atoms with van der Waals surface area (Å²) >= 11 is 0. The van der Waals surface area contributed by atoms with E-state index in [1.165, 1.54) is 12.1 Å². The second-order valence-corrected chi connectivity index (χ2v) is 3.05. The lowest BCUT2D eigenvalue weighted by molar-refractivity contribution is -0.385. The first-order chi connectivity index (χ1) is 8.13. The highest BCUT2D eigenvalue weighted by Crippen LogP contribution is 2.34. The molecule has 1 rings (SSSR count). The average Bonchev–Trinajstić information content (AvgIpc) is 2.31. The standard InChI is InChI=1S/C11H12N2O4/c1-3-16-10-5-8(7-12)9(13(14)15)6-11(10)17-4-2/h5-6H,3-4H2,1-2H3. The molecular weight excluding hydrogens is 224 g/mol. The molecule has 0 unspecified atom stereocenters. The summed E-state index contributed by atoms with van der Waals surface area (Å²) in [7, 11) is 0. The smallest absolute Gasteiger partial charge is 0.291 e. The summed E-state index contributed by atoms with van der Waals surface area (Å²) < 4.78 is 10.5. The lowest BCUT2D eigenvalue weighted by Gasteiger charge is -2.10. The van der Waals surface area contributed by atoms with Crippen LogP contribution in [0.25, 0.3) is 0 Å². The van der Waals surface area contributed by atoms with Crippen LogP contribution in [-0.4, -0.2) is 18.1 Å². The van der Waals surface area contributed by atoms with Crippen molar-refractivity contribution in [2.24, 2.45) is 0 Å². The number of rotatable bonds is 5. The molecule has 0 radical (unpaired) electrons. The highest BCUT2D eigenvalue weighted by atomic mass is 16.6. The van der Waals surface area contributed by atoms with Crippen LogP contribution in [0.3, 0.4) is 0 Å². The van der Waals surface area contributed by atoms with E-state index in [0.29, 0.717) is 19.0 Å². The molecule has 0 amide bonds. The molecular formula is C11H12N2O4. The third-order valence-corrected chi connectivity index (χ3v) is 1.98. The molecule has 6 heteroatoms. The largest absolute Gasteiger partial charge is 0.490 e. The van der Waals surface area contributed by atoms with Crippen molar-refractivity contribution in [2.75, 3.05) is 13.2 Å². The summed E-state index contributed by atoms with van der Waals surface area (Å²) in [6.45, 7) is 4.30. The van der Waals surface area contributed by atoms with E-state index >= 15 is 0 Å². The molecule has 0 spiro atoms. The van der Waals surface area contributed by atoms with Crippen molar-refractivity contribution in [1.82, 2.24) is 0 Å². The van der Waals surface area contributed by atoms with E-state index < -0.39 is 4.92 Å². The minimum atomic E-state index is -0.614. The van der Waals surface area contributed by atoms with Gasteiger partial charge in [-0.25, -0.2) is 0 Å². The molecule has 90 valence electrons. The molecule has 0 fully saturated rings. The molecule has 0 aliphatic heterocycles. The Balaban J connectivity index is 3.32. The highest BCUT2D eigenvalue weighted by Gasteiger charge is 2.19. The predicted molar refractivity (Wildman–Crippen MR) is 60.1 cm³/mol. The fourth-order valence-electron chi connectivity index (χ4n) is 1.33. The topological polar surface area (TPSA) is 85.4 Å². The normalized spacial score (nSPS) is 9.47. The summed E-state index contributed by atoms with van der Waals surface area (Å²) in [5.41, 5.74) is -0.318. The zero-order chi connectivity index (χ0) is 12.8. The molecule has 17 heavy (non-hydrogen) atoms. The first-order valence-corrected chi connectivity index (χ1v) is 5.12. The molecule has 0 saturated heterocycles. The van der Waals surface area contributed by atoms with Gasteiger partial charge in [-0.15, -0.1) is 0 Å². The van der Waals surface area contributed by atoms with Crippen LogP contribution in [-0.2, 0) is 0 Å². The summed E-state index contributed by atoms with van der Waals surface area (Å²) in [5, 5.41) is 19.6. The molecule has 0 N–H and O–H groups in total. The number of hydrogen-bond donors (Lipinski definition) is 0. The molecule has 0 aliphatic carbocycles. The van der Waals surface area contributed by atoms with Crippen LogP contribution >= 0.6 is 0 Å². The molecule has 0 heterocycles. The predicted octanol–water partition coefficient (Wildman–Crippen LogP) is 2.26. The van der Waals surface area contributed by atoms with Crippen LogP contribution in [0, 0.1) is 21.4 Å². The van der Waals surface area contributed by atoms with E-state index in [-0.39, 0.29) is 17.0 Å². The number of nitrogens with zero attached hydrogens (tertiary/aromatic N) is 2. The van der Waals surface area contributed by atoms with E-state index in [1.807, 2.05) is 0 Å². The Morgan fingerprint density at radius 3 is 2.24 bits per heavy atom. The van der Waals surface area contributed by atoms with Crippen molar-refractivity contribution < 1.29 is 14.4 Å². The average molecular weight is 236 g/mol. The Kier molecular flexibility index (Phi) is 4.29. The van der Waals surface area contributed by atoms with Crippen molar-refractivity contribution in [3.8, 4) is 17.6 Å². The van der Waals surface area contributed by atoms with E-state index in [2.05, 4.69) is 0 Å². The molecule has 0 aromatic heterocycles. The van der Waals surface area contributed by atoms with Gasteiger partial charge in [0.1, 0.15) is 11.6 Å². The SMILES string of the molecule is CCOc1cc(C#N)c([N+](=O)[O-])cc1OCC. The van der Waals surface area contributed by atoms with Crippen molar-refractivity contribution in [1.29, 1.82) is 5.26 Å². The molecule has 0 aliphatic rings. The maximum absolute atomic E-state index is 10.8. The third kappa shape index (κ3) is 2.84. The van der Waals surface area contributed by atoms with Crippen LogP contribution in [0.5, 0.6) is 11.5 Å². The number of nitro benzene ring substituents is 1.